The van der Waals surface area contributed by atoms with Gasteiger partial charge in [0.05, 0.1) is 0 Å². The van der Waals surface area contributed by atoms with Crippen LogP contribution in [0.5, 0.6) is 0 Å². The van der Waals surface area contributed by atoms with Crippen LogP contribution in [0, 0.1) is 17.3 Å². The number of H-pyrrole nitrogens is 1. The van der Waals surface area contributed by atoms with E-state index in [-0.39, 0.29) is 0 Å². The van der Waals surface area contributed by atoms with Gasteiger partial charge in [-0.25, -0.2) is 0 Å². The molecule has 1 aromatic rings. The Morgan fingerprint density at radius 3 is 2.53 bits per heavy atom. The molecule has 0 aliphatic heterocycles. The second kappa shape index (κ2) is 3.56. The van der Waals surface area contributed by atoms with Crippen molar-refractivity contribution < 1.29 is 0 Å². The van der Waals surface area contributed by atoms with E-state index >= 15 is 0 Å². The molecule has 5 rings (SSSR count). The van der Waals surface area contributed by atoms with Crippen molar-refractivity contribution in [2.75, 3.05) is 5.73 Å². The van der Waals surface area contributed by atoms with Gasteiger partial charge in [0, 0.05) is 16.7 Å². The van der Waals surface area contributed by atoms with Gasteiger partial charge in [0.25, 0.3) is 0 Å². The van der Waals surface area contributed by atoms with Crippen molar-refractivity contribution in [2.45, 2.75) is 64.2 Å². The molecule has 4 fully saturated rings. The normalized spacial score (nSPS) is 43.9. The van der Waals surface area contributed by atoms with Crippen LogP contribution in [0.1, 0.15) is 63.6 Å². The Bertz CT molecular complexity index is 502. The van der Waals surface area contributed by atoms with E-state index in [2.05, 4.69) is 24.0 Å². The second-order valence-corrected chi connectivity index (χ2v) is 7.87. The number of nitrogen functional groups attached to an aromatic ring is 1. The molecule has 0 radical (unpaired) electrons. The number of hydrogen-bond donors (Lipinski definition) is 2. The van der Waals surface area contributed by atoms with Crippen molar-refractivity contribution in [1.82, 2.24) is 10.2 Å². The summed E-state index contributed by atoms with van der Waals surface area (Å²) < 4.78 is 0. The molecule has 3 N–H and O–H groups in total. The minimum Gasteiger partial charge on any atom is -0.382 e. The molecule has 4 aliphatic carbocycles. The van der Waals surface area contributed by atoms with Crippen LogP contribution < -0.4 is 5.73 Å². The highest BCUT2D eigenvalue weighted by molar-refractivity contribution is 5.46. The summed E-state index contributed by atoms with van der Waals surface area (Å²) in [4.78, 5) is 0. The van der Waals surface area contributed by atoms with E-state index in [9.17, 15) is 0 Å². The number of anilines is 1. The maximum atomic E-state index is 6.06. The highest BCUT2D eigenvalue weighted by atomic mass is 15.2. The molecule has 1 heterocycles. The molecule has 19 heavy (non-hydrogen) atoms. The summed E-state index contributed by atoms with van der Waals surface area (Å²) in [6.45, 7) is 4.72. The molecule has 1 aromatic heterocycles. The van der Waals surface area contributed by atoms with Crippen molar-refractivity contribution in [3.8, 4) is 0 Å². The Morgan fingerprint density at radius 2 is 1.95 bits per heavy atom. The molecular weight excluding hydrogens is 234 g/mol. The summed E-state index contributed by atoms with van der Waals surface area (Å²) in [5.41, 5.74) is 9.70. The number of aromatic nitrogens is 2. The summed E-state index contributed by atoms with van der Waals surface area (Å²) in [5.74, 6) is 2.62. The van der Waals surface area contributed by atoms with E-state index < -0.39 is 0 Å². The first-order chi connectivity index (χ1) is 9.04. The summed E-state index contributed by atoms with van der Waals surface area (Å²) in [7, 11) is 0. The third-order valence-corrected chi connectivity index (χ3v) is 6.14. The van der Waals surface area contributed by atoms with E-state index in [1.807, 2.05) is 0 Å². The fourth-order valence-corrected chi connectivity index (χ4v) is 6.19. The van der Waals surface area contributed by atoms with Gasteiger partial charge < -0.3 is 5.73 Å². The Morgan fingerprint density at radius 1 is 1.26 bits per heavy atom. The van der Waals surface area contributed by atoms with Crippen LogP contribution in [0.15, 0.2) is 0 Å². The van der Waals surface area contributed by atoms with E-state index in [0.717, 1.165) is 24.1 Å². The lowest BCUT2D eigenvalue weighted by molar-refractivity contribution is -0.0634. The zero-order valence-electron chi connectivity index (χ0n) is 12.1. The molecule has 0 spiro atoms. The Hall–Kier alpha value is -0.990. The van der Waals surface area contributed by atoms with Crippen LogP contribution in [-0.2, 0) is 11.8 Å². The highest BCUT2D eigenvalue weighted by Crippen LogP contribution is 2.65. The van der Waals surface area contributed by atoms with Gasteiger partial charge in [-0.1, -0.05) is 13.8 Å². The summed E-state index contributed by atoms with van der Waals surface area (Å²) >= 11 is 0. The molecule has 3 nitrogen and oxygen atoms in total. The number of nitrogens with zero attached hydrogens (tertiary/aromatic N) is 1. The monoisotopic (exact) mass is 259 g/mol. The van der Waals surface area contributed by atoms with Gasteiger partial charge in [-0.2, -0.15) is 5.10 Å². The molecule has 0 amide bonds. The molecule has 4 bridgehead atoms. The number of hydrogen-bond acceptors (Lipinski definition) is 2. The Balaban J connectivity index is 1.81. The average Bonchev–Trinajstić information content (AvgIpc) is 2.67. The van der Waals surface area contributed by atoms with E-state index in [1.54, 1.807) is 0 Å². The molecule has 2 unspecified atom stereocenters. The third kappa shape index (κ3) is 1.53. The van der Waals surface area contributed by atoms with Gasteiger partial charge in [-0.3, -0.25) is 5.10 Å². The maximum absolute atomic E-state index is 6.06. The second-order valence-electron chi connectivity index (χ2n) is 7.87. The largest absolute Gasteiger partial charge is 0.382 e. The first-order valence-corrected chi connectivity index (χ1v) is 7.87. The zero-order chi connectivity index (χ0) is 13.3. The lowest BCUT2D eigenvalue weighted by Gasteiger charge is -2.61. The predicted molar refractivity (Wildman–Crippen MR) is 76.8 cm³/mol. The summed E-state index contributed by atoms with van der Waals surface area (Å²) in [6.07, 6.45) is 9.48. The van der Waals surface area contributed by atoms with Crippen LogP contribution in [0.25, 0.3) is 0 Å². The van der Waals surface area contributed by atoms with Crippen LogP contribution in [-0.4, -0.2) is 10.2 Å². The molecule has 4 saturated carbocycles. The molecule has 0 saturated heterocycles. The van der Waals surface area contributed by atoms with Crippen LogP contribution in [0.2, 0.25) is 0 Å². The standard InChI is InChI=1S/C16H25N3/c1-3-12-13(18-19-14(12)17)16-7-10-4-11(8-16)6-15(2,5-10)9-16/h10-11H,3-9H2,1-2H3,(H3,17,18,19). The van der Waals surface area contributed by atoms with E-state index in [0.29, 0.717) is 10.8 Å². The molecule has 104 valence electrons. The first kappa shape index (κ1) is 11.8. The maximum Gasteiger partial charge on any atom is 0.148 e. The van der Waals surface area contributed by atoms with Gasteiger partial charge in [0.1, 0.15) is 5.82 Å². The molecule has 3 heteroatoms. The number of nitrogens with two attached hydrogens (primary N) is 1. The fourth-order valence-electron chi connectivity index (χ4n) is 6.19. The third-order valence-electron chi connectivity index (χ3n) is 6.14. The smallest absolute Gasteiger partial charge is 0.148 e. The number of nitrogens with one attached hydrogen (secondary N) is 1. The minimum atomic E-state index is 0.370. The van der Waals surface area contributed by atoms with E-state index in [1.165, 1.54) is 49.8 Å². The molecular formula is C16H25N3. The van der Waals surface area contributed by atoms with Gasteiger partial charge in [0.15, 0.2) is 0 Å². The molecule has 2 atom stereocenters. The topological polar surface area (TPSA) is 54.7 Å². The molecule has 0 aromatic carbocycles. The quantitative estimate of drug-likeness (QED) is 0.855. The van der Waals surface area contributed by atoms with Crippen molar-refractivity contribution >= 4 is 5.82 Å². The zero-order valence-corrected chi connectivity index (χ0v) is 12.1. The number of aromatic amines is 1. The summed E-state index contributed by atoms with van der Waals surface area (Å²) in [5, 5.41) is 7.64. The van der Waals surface area contributed by atoms with Crippen molar-refractivity contribution in [2.24, 2.45) is 17.3 Å². The van der Waals surface area contributed by atoms with Gasteiger partial charge in [-0.15, -0.1) is 0 Å². The highest BCUT2D eigenvalue weighted by Gasteiger charge is 2.57. The predicted octanol–water partition coefficient (Wildman–Crippen LogP) is 3.41. The van der Waals surface area contributed by atoms with Crippen LogP contribution in [0.4, 0.5) is 5.82 Å². The fraction of sp³-hybridized carbons (Fsp3) is 0.812. The summed E-state index contributed by atoms with van der Waals surface area (Å²) in [6, 6.07) is 0. The lowest BCUT2D eigenvalue weighted by atomic mass is 9.44. The Kier molecular flexibility index (Phi) is 2.21. The first-order valence-electron chi connectivity index (χ1n) is 7.87. The van der Waals surface area contributed by atoms with Crippen LogP contribution in [0.3, 0.4) is 0 Å². The van der Waals surface area contributed by atoms with Crippen molar-refractivity contribution in [3.63, 3.8) is 0 Å². The van der Waals surface area contributed by atoms with Crippen molar-refractivity contribution in [1.29, 1.82) is 0 Å². The van der Waals surface area contributed by atoms with Crippen molar-refractivity contribution in [3.05, 3.63) is 11.3 Å². The molecule has 4 aliphatic rings. The van der Waals surface area contributed by atoms with Gasteiger partial charge in [-0.05, 0) is 62.2 Å². The SMILES string of the molecule is CCc1c(N)n[nH]c1C12CC3CC(CC(C)(C3)C1)C2. The van der Waals surface area contributed by atoms with Gasteiger partial charge >= 0.3 is 0 Å². The van der Waals surface area contributed by atoms with Crippen LogP contribution >= 0.6 is 0 Å². The van der Waals surface area contributed by atoms with Gasteiger partial charge in [0.2, 0.25) is 0 Å². The van der Waals surface area contributed by atoms with E-state index in [4.69, 9.17) is 5.73 Å². The lowest BCUT2D eigenvalue weighted by Crippen LogP contribution is -2.53. The average molecular weight is 259 g/mol. The Labute approximate surface area is 115 Å². The number of rotatable bonds is 2. The minimum absolute atomic E-state index is 0.370.